The average molecular weight is 440 g/mol. The molecule has 1 aromatic heterocycles. The third kappa shape index (κ3) is 4.39. The number of aromatic nitrogens is 1. The summed E-state index contributed by atoms with van der Waals surface area (Å²) in [7, 11) is -2.85. The van der Waals surface area contributed by atoms with Crippen LogP contribution >= 0.6 is 0 Å². The van der Waals surface area contributed by atoms with Gasteiger partial charge in [0.2, 0.25) is 0 Å². The summed E-state index contributed by atoms with van der Waals surface area (Å²) in [6.45, 7) is -0.150. The average Bonchev–Trinajstić information content (AvgIpc) is 3.14. The molecule has 0 amide bonds. The van der Waals surface area contributed by atoms with E-state index in [0.29, 0.717) is 5.56 Å². The smallest absolute Gasteiger partial charge is 0.387 e. The first-order chi connectivity index (χ1) is 14.0. The molecule has 1 atom stereocenters. The number of sulfonamides is 1. The Morgan fingerprint density at radius 3 is 2.53 bits per heavy atom. The van der Waals surface area contributed by atoms with Gasteiger partial charge in [0, 0.05) is 13.2 Å². The monoisotopic (exact) mass is 440 g/mol. The van der Waals surface area contributed by atoms with Crippen molar-refractivity contribution in [2.75, 3.05) is 13.6 Å². The van der Waals surface area contributed by atoms with Crippen LogP contribution in [0.2, 0.25) is 0 Å². The summed E-state index contributed by atoms with van der Waals surface area (Å²) in [6.07, 6.45) is -2.57. The highest BCUT2D eigenvalue weighted by molar-refractivity contribution is 7.92. The predicted molar refractivity (Wildman–Crippen MR) is 105 cm³/mol. The number of nitrogens with zero attached hydrogens (tertiary/aromatic N) is 4. The summed E-state index contributed by atoms with van der Waals surface area (Å²) in [4.78, 5) is 3.99. The molecule has 0 saturated heterocycles. The van der Waals surface area contributed by atoms with E-state index < -0.39 is 32.7 Å². The molecule has 1 aliphatic heterocycles. The first-order valence-corrected chi connectivity index (χ1v) is 10.1. The summed E-state index contributed by atoms with van der Waals surface area (Å²) in [5, 5.41) is 4.51. The molecule has 4 N–H and O–H groups in total. The summed E-state index contributed by atoms with van der Waals surface area (Å²) in [6, 6.07) is 10.4. The van der Waals surface area contributed by atoms with Crippen LogP contribution in [-0.4, -0.2) is 42.1 Å². The Bertz CT molecular complexity index is 1080. The molecule has 0 fully saturated rings. The van der Waals surface area contributed by atoms with E-state index in [0.717, 1.165) is 34.0 Å². The van der Waals surface area contributed by atoms with Gasteiger partial charge in [0.1, 0.15) is 0 Å². The Labute approximate surface area is 171 Å². The van der Waals surface area contributed by atoms with E-state index in [1.807, 2.05) is 0 Å². The summed E-state index contributed by atoms with van der Waals surface area (Å²) in [5.74, 6) is 4.79. The number of pyridine rings is 1. The Morgan fingerprint density at radius 1 is 1.27 bits per heavy atom. The van der Waals surface area contributed by atoms with E-state index in [1.165, 1.54) is 7.05 Å². The lowest BCUT2D eigenvalue weighted by Crippen LogP contribution is -2.32. The minimum absolute atomic E-state index is 0.0742. The highest BCUT2D eigenvalue weighted by Gasteiger charge is 2.38. The molecule has 2 aromatic rings. The van der Waals surface area contributed by atoms with E-state index in [4.69, 9.17) is 11.6 Å². The number of benzene rings is 1. The van der Waals surface area contributed by atoms with Crippen LogP contribution in [-0.2, 0) is 16.2 Å². The van der Waals surface area contributed by atoms with E-state index in [-0.39, 0.29) is 18.0 Å². The van der Waals surface area contributed by atoms with Crippen LogP contribution in [0.1, 0.15) is 22.7 Å². The number of hydrogen-bond acceptors (Lipinski definition) is 7. The number of hydrazone groups is 1. The number of hydrogen-bond donors (Lipinski definition) is 2. The Morgan fingerprint density at radius 2 is 1.93 bits per heavy atom. The van der Waals surface area contributed by atoms with Crippen molar-refractivity contribution in [3.8, 4) is 0 Å². The van der Waals surface area contributed by atoms with Crippen molar-refractivity contribution < 1.29 is 21.6 Å². The Balaban J connectivity index is 2.10. The number of alkyl halides is 3. The van der Waals surface area contributed by atoms with E-state index in [9.17, 15) is 21.6 Å². The van der Waals surface area contributed by atoms with E-state index in [1.54, 1.807) is 30.3 Å². The van der Waals surface area contributed by atoms with E-state index in [2.05, 4.69) is 10.1 Å². The molecule has 0 bridgehead atoms. The molecule has 1 unspecified atom stereocenters. The van der Waals surface area contributed by atoms with Gasteiger partial charge in [0.15, 0.2) is 5.03 Å². The molecule has 1 aliphatic rings. The van der Waals surface area contributed by atoms with Crippen LogP contribution in [0.5, 0.6) is 0 Å². The normalized spacial score (nSPS) is 17.8. The fourth-order valence-corrected chi connectivity index (χ4v) is 4.02. The van der Waals surface area contributed by atoms with Gasteiger partial charge in [-0.2, -0.15) is 31.1 Å². The molecule has 1 aromatic carbocycles. The molecule has 8 nitrogen and oxygen atoms in total. The number of hydrazine groups is 1. The molecule has 12 heteroatoms. The predicted octanol–water partition coefficient (Wildman–Crippen LogP) is 1.80. The maximum absolute atomic E-state index is 13.2. The van der Waals surface area contributed by atoms with Gasteiger partial charge in [-0.25, -0.2) is 5.84 Å². The van der Waals surface area contributed by atoms with Crippen molar-refractivity contribution in [1.29, 1.82) is 0 Å². The van der Waals surface area contributed by atoms with Crippen molar-refractivity contribution in [3.05, 3.63) is 76.7 Å². The first kappa shape index (κ1) is 21.6. The molecule has 0 radical (unpaired) electrons. The molecule has 160 valence electrons. The second kappa shape index (κ2) is 7.95. The lowest BCUT2D eigenvalue weighted by atomic mass is 9.92. The van der Waals surface area contributed by atoms with Crippen LogP contribution < -0.4 is 11.6 Å². The SMILES string of the molecule is CN(N)/C=C(\N)S(=O)(=O)N1CC(c2ccccc2)C(c2cc(C(F)(F)F)ccn2)=N1. The van der Waals surface area contributed by atoms with Gasteiger partial charge in [-0.1, -0.05) is 30.3 Å². The van der Waals surface area contributed by atoms with Gasteiger partial charge in [-0.15, -0.1) is 0 Å². The fraction of sp³-hybridized carbons (Fsp3) is 0.222. The third-order valence-corrected chi connectivity index (χ3v) is 5.83. The topological polar surface area (TPSA) is 118 Å². The minimum Gasteiger partial charge on any atom is -0.387 e. The maximum Gasteiger partial charge on any atom is 0.416 e. The van der Waals surface area contributed by atoms with Crippen molar-refractivity contribution in [1.82, 2.24) is 14.4 Å². The Kier molecular flexibility index (Phi) is 5.72. The van der Waals surface area contributed by atoms with Crippen LogP contribution in [0.15, 0.2) is 65.0 Å². The van der Waals surface area contributed by atoms with Crippen LogP contribution in [0.3, 0.4) is 0 Å². The standard InChI is InChI=1S/C18H19F3N6O2S/c1-26(23)11-16(22)30(28,29)27-10-14(12-5-3-2-4-6-12)17(25-27)15-9-13(7-8-24-15)18(19,20)21/h2-9,11,14H,10,22-23H2,1H3/b16-11+. The molecule has 3 rings (SSSR count). The zero-order chi connectivity index (χ0) is 22.1. The third-order valence-electron chi connectivity index (χ3n) is 4.35. The van der Waals surface area contributed by atoms with Gasteiger partial charge in [0.05, 0.1) is 35.6 Å². The molecule has 0 aliphatic carbocycles. The maximum atomic E-state index is 13.2. The molecule has 0 spiro atoms. The number of rotatable bonds is 5. The zero-order valence-electron chi connectivity index (χ0n) is 15.8. The second-order valence-electron chi connectivity index (χ2n) is 6.58. The van der Waals surface area contributed by atoms with Crippen molar-refractivity contribution in [2.24, 2.45) is 16.7 Å². The van der Waals surface area contributed by atoms with Gasteiger partial charge in [-0.3, -0.25) is 4.98 Å². The quantitative estimate of drug-likeness (QED) is 0.541. The van der Waals surface area contributed by atoms with Crippen LogP contribution in [0, 0.1) is 0 Å². The molecule has 2 heterocycles. The first-order valence-electron chi connectivity index (χ1n) is 8.65. The molecular formula is C18H19F3N6O2S. The van der Waals surface area contributed by atoms with Crippen LogP contribution in [0.25, 0.3) is 0 Å². The lowest BCUT2D eigenvalue weighted by molar-refractivity contribution is -0.137. The molecule has 0 saturated carbocycles. The van der Waals surface area contributed by atoms with Crippen molar-refractivity contribution in [3.63, 3.8) is 0 Å². The lowest BCUT2D eigenvalue weighted by Gasteiger charge is -2.17. The number of nitrogens with two attached hydrogens (primary N) is 2. The Hall–Kier alpha value is -3.12. The number of halogens is 3. The van der Waals surface area contributed by atoms with Gasteiger partial charge in [-0.05, 0) is 17.7 Å². The van der Waals surface area contributed by atoms with Gasteiger partial charge in [0.25, 0.3) is 10.0 Å². The van der Waals surface area contributed by atoms with E-state index >= 15 is 0 Å². The van der Waals surface area contributed by atoms with Gasteiger partial charge < -0.3 is 10.7 Å². The highest BCUT2D eigenvalue weighted by atomic mass is 32.2. The summed E-state index contributed by atoms with van der Waals surface area (Å²) in [5.41, 5.74) is 5.43. The second-order valence-corrected chi connectivity index (χ2v) is 8.43. The zero-order valence-corrected chi connectivity index (χ0v) is 16.6. The minimum atomic E-state index is -4.58. The van der Waals surface area contributed by atoms with Crippen LogP contribution in [0.4, 0.5) is 13.2 Å². The van der Waals surface area contributed by atoms with Gasteiger partial charge >= 0.3 is 6.18 Å². The molecule has 30 heavy (non-hydrogen) atoms. The van der Waals surface area contributed by atoms with Crippen molar-refractivity contribution in [2.45, 2.75) is 12.1 Å². The summed E-state index contributed by atoms with van der Waals surface area (Å²) >= 11 is 0. The largest absolute Gasteiger partial charge is 0.416 e. The summed E-state index contributed by atoms with van der Waals surface area (Å²) < 4.78 is 65.8. The fourth-order valence-electron chi connectivity index (χ4n) is 2.94. The highest BCUT2D eigenvalue weighted by Crippen LogP contribution is 2.33. The van der Waals surface area contributed by atoms with Crippen molar-refractivity contribution >= 4 is 15.7 Å². The molecular weight excluding hydrogens is 421 g/mol.